The van der Waals surface area contributed by atoms with Crippen LogP contribution in [0.25, 0.3) is 110 Å². The van der Waals surface area contributed by atoms with Crippen LogP contribution in [0.5, 0.6) is 0 Å². The molecular formula is C52H32O. The van der Waals surface area contributed by atoms with Crippen molar-refractivity contribution in [3.63, 3.8) is 0 Å². The summed E-state index contributed by atoms with van der Waals surface area (Å²) in [5, 5.41) is 4.53. The zero-order valence-corrected chi connectivity index (χ0v) is 27.9. The summed E-state index contributed by atoms with van der Waals surface area (Å²) in [6.45, 7) is 0. The van der Waals surface area contributed by atoms with E-state index in [1.807, 2.05) is 78.9 Å². The van der Waals surface area contributed by atoms with Gasteiger partial charge in [0, 0.05) is 16.3 Å². The number of rotatable bonds is 4. The first kappa shape index (κ1) is 19.6. The highest BCUT2D eigenvalue weighted by atomic mass is 16.3. The molecule has 0 radical (unpaired) electrons. The van der Waals surface area contributed by atoms with Crippen molar-refractivity contribution in [1.29, 1.82) is 0 Å². The molecule has 0 bridgehead atoms. The Morgan fingerprint density at radius 2 is 0.943 bits per heavy atom. The molecule has 53 heavy (non-hydrogen) atoms. The van der Waals surface area contributed by atoms with Gasteiger partial charge in [-0.25, -0.2) is 0 Å². The average Bonchev–Trinajstić information content (AvgIpc) is 3.73. The number of benzene rings is 10. The summed E-state index contributed by atoms with van der Waals surface area (Å²) in [6, 6.07) is 29.2. The quantitative estimate of drug-likeness (QED) is 0.168. The molecule has 0 fully saturated rings. The third-order valence-corrected chi connectivity index (χ3v) is 10.2. The number of hydrogen-bond donors (Lipinski definition) is 0. The Morgan fingerprint density at radius 3 is 1.70 bits per heavy atom. The first-order valence-corrected chi connectivity index (χ1v) is 17.2. The summed E-state index contributed by atoms with van der Waals surface area (Å²) in [5.74, 6) is 0. The minimum atomic E-state index is -0.718. The van der Waals surface area contributed by atoms with Gasteiger partial charge in [0.1, 0.15) is 11.2 Å². The van der Waals surface area contributed by atoms with E-state index in [0.717, 1.165) is 54.8 Å². The van der Waals surface area contributed by atoms with E-state index in [2.05, 4.69) is 30.3 Å². The zero-order chi connectivity index (χ0) is 46.2. The van der Waals surface area contributed by atoms with E-state index in [4.69, 9.17) is 16.8 Å². The second-order valence-corrected chi connectivity index (χ2v) is 13.0. The van der Waals surface area contributed by atoms with Gasteiger partial charge in [0.25, 0.3) is 0 Å². The van der Waals surface area contributed by atoms with Crippen molar-refractivity contribution in [1.82, 2.24) is 0 Å². The maximum Gasteiger partial charge on any atom is 0.143 e. The van der Waals surface area contributed by atoms with Gasteiger partial charge in [0.05, 0.1) is 17.8 Å². The summed E-state index contributed by atoms with van der Waals surface area (Å²) in [7, 11) is 0. The van der Waals surface area contributed by atoms with Crippen LogP contribution in [-0.4, -0.2) is 0 Å². The highest BCUT2D eigenvalue weighted by molar-refractivity contribution is 6.25. The molecule has 0 N–H and O–H groups in total. The predicted octanol–water partition coefficient (Wildman–Crippen LogP) is 14.9. The summed E-state index contributed by atoms with van der Waals surface area (Å²) < 4.78 is 123. The smallest absolute Gasteiger partial charge is 0.143 e. The fourth-order valence-electron chi connectivity index (χ4n) is 7.93. The van der Waals surface area contributed by atoms with E-state index in [-0.39, 0.29) is 32.7 Å². The van der Waals surface area contributed by atoms with Crippen LogP contribution in [0.15, 0.2) is 198 Å². The third-order valence-electron chi connectivity index (χ3n) is 10.2. The normalized spacial score (nSPS) is 15.2. The Balaban J connectivity index is 1.26. The SMILES string of the molecule is [2H]c1c([2H])c([2H])c(-c2c3c([2H])c([2H])c([2H])c([2H])c3c(-c3ccc(-c4cccc5oc6c(-c7ccc8ccccc8c7)cccc6c45)c4ccccc34)c3c([2H])c([2H])c([2H])c([2H])c23)c([2H])c1[2H]. The van der Waals surface area contributed by atoms with E-state index in [0.29, 0.717) is 16.5 Å². The van der Waals surface area contributed by atoms with E-state index < -0.39 is 84.1 Å². The Labute approximate surface area is 325 Å². The van der Waals surface area contributed by atoms with Gasteiger partial charge in [-0.3, -0.25) is 0 Å². The number of hydrogen-bond acceptors (Lipinski definition) is 1. The molecule has 11 aromatic rings. The Morgan fingerprint density at radius 1 is 0.358 bits per heavy atom. The van der Waals surface area contributed by atoms with Crippen molar-refractivity contribution in [3.8, 4) is 44.5 Å². The van der Waals surface area contributed by atoms with E-state index in [9.17, 15) is 5.48 Å². The fraction of sp³-hybridized carbons (Fsp3) is 0. The lowest BCUT2D eigenvalue weighted by Gasteiger charge is -2.19. The molecule has 0 atom stereocenters. The Kier molecular flexibility index (Phi) is 4.36. The molecule has 1 aromatic heterocycles. The van der Waals surface area contributed by atoms with Crippen LogP contribution in [0.2, 0.25) is 0 Å². The summed E-state index contributed by atoms with van der Waals surface area (Å²) >= 11 is 0. The van der Waals surface area contributed by atoms with E-state index >= 15 is 0 Å². The van der Waals surface area contributed by atoms with Gasteiger partial charge in [-0.15, -0.1) is 0 Å². The van der Waals surface area contributed by atoms with Crippen molar-refractivity contribution < 1.29 is 22.2 Å². The molecule has 0 saturated heterocycles. The van der Waals surface area contributed by atoms with Gasteiger partial charge < -0.3 is 4.42 Å². The summed E-state index contributed by atoms with van der Waals surface area (Å²) in [6.07, 6.45) is 0. The highest BCUT2D eigenvalue weighted by Crippen LogP contribution is 2.48. The second kappa shape index (κ2) is 11.8. The maximum atomic E-state index is 9.46. The van der Waals surface area contributed by atoms with Crippen molar-refractivity contribution in [2.75, 3.05) is 0 Å². The molecular weight excluding hydrogens is 641 g/mol. The third kappa shape index (κ3) is 4.58. The van der Waals surface area contributed by atoms with Gasteiger partial charge in [-0.05, 0) is 94.2 Å². The van der Waals surface area contributed by atoms with Crippen LogP contribution in [0, 0.1) is 0 Å². The van der Waals surface area contributed by atoms with E-state index in [1.54, 1.807) is 6.07 Å². The number of fused-ring (bicyclic) bond motifs is 7. The minimum Gasteiger partial charge on any atom is -0.455 e. The molecule has 0 saturated carbocycles. The molecule has 0 aliphatic heterocycles. The fourth-order valence-corrected chi connectivity index (χ4v) is 7.93. The lowest BCUT2D eigenvalue weighted by atomic mass is 9.83. The highest BCUT2D eigenvalue weighted by Gasteiger charge is 2.21. The molecule has 1 heterocycles. The first-order valence-electron chi connectivity index (χ1n) is 23.7. The van der Waals surface area contributed by atoms with Gasteiger partial charge in [0.15, 0.2) is 0 Å². The van der Waals surface area contributed by atoms with Gasteiger partial charge in [-0.2, -0.15) is 0 Å². The van der Waals surface area contributed by atoms with Crippen LogP contribution in [0.4, 0.5) is 0 Å². The van der Waals surface area contributed by atoms with Gasteiger partial charge >= 0.3 is 0 Å². The van der Waals surface area contributed by atoms with Crippen LogP contribution in [-0.2, 0) is 0 Å². The molecule has 246 valence electrons. The van der Waals surface area contributed by atoms with Gasteiger partial charge in [-0.1, -0.05) is 182 Å². The molecule has 1 heteroatoms. The minimum absolute atomic E-state index is 0.0739. The largest absolute Gasteiger partial charge is 0.455 e. The van der Waals surface area contributed by atoms with Crippen molar-refractivity contribution in [3.05, 3.63) is 194 Å². The number of furan rings is 1. The topological polar surface area (TPSA) is 13.1 Å². The molecule has 0 aliphatic rings. The van der Waals surface area contributed by atoms with Crippen molar-refractivity contribution in [2.24, 2.45) is 0 Å². The van der Waals surface area contributed by atoms with Crippen LogP contribution >= 0.6 is 0 Å². The molecule has 11 rings (SSSR count). The summed E-state index contributed by atoms with van der Waals surface area (Å²) in [4.78, 5) is 0. The lowest BCUT2D eigenvalue weighted by Crippen LogP contribution is -1.92. The Bertz CT molecular complexity index is 3880. The van der Waals surface area contributed by atoms with Crippen LogP contribution in [0.3, 0.4) is 0 Å². The average molecular weight is 686 g/mol. The number of para-hydroxylation sites is 1. The molecule has 0 unspecified atom stereocenters. The standard InChI is InChI=1S/C52H32O/c1-2-15-34(16-3-1)49-42-20-8-10-22-44(42)50(45-23-11-9-21-43(45)49)46-31-30-40(38-18-6-7-19-39(38)46)41-25-13-27-48-51(41)47-26-12-24-37(52(47)53-48)36-29-28-33-14-4-5-17-35(33)32-36/h1-32H/i1D,2D,3D,8D,9D,10D,11D,15D,16D,20D,21D,22D,23D. The lowest BCUT2D eigenvalue weighted by molar-refractivity contribution is 0.670. The van der Waals surface area contributed by atoms with Crippen LogP contribution in [0.1, 0.15) is 17.8 Å². The molecule has 1 nitrogen and oxygen atoms in total. The van der Waals surface area contributed by atoms with Gasteiger partial charge in [0.2, 0.25) is 0 Å². The second-order valence-electron chi connectivity index (χ2n) is 13.0. The summed E-state index contributed by atoms with van der Waals surface area (Å²) in [5.41, 5.74) is 4.64. The van der Waals surface area contributed by atoms with Crippen molar-refractivity contribution >= 4 is 65.0 Å². The van der Waals surface area contributed by atoms with E-state index in [1.165, 1.54) is 0 Å². The molecule has 0 aliphatic carbocycles. The Hall–Kier alpha value is -6.96. The van der Waals surface area contributed by atoms with Crippen molar-refractivity contribution in [2.45, 2.75) is 0 Å². The molecule has 10 aromatic carbocycles. The monoisotopic (exact) mass is 685 g/mol. The molecule has 0 spiro atoms. The van der Waals surface area contributed by atoms with Crippen LogP contribution < -0.4 is 0 Å². The molecule has 0 amide bonds. The predicted molar refractivity (Wildman–Crippen MR) is 225 cm³/mol. The zero-order valence-electron chi connectivity index (χ0n) is 40.9. The maximum absolute atomic E-state index is 9.46. The first-order chi connectivity index (χ1) is 31.7.